The van der Waals surface area contributed by atoms with E-state index in [9.17, 15) is 4.79 Å². The van der Waals surface area contributed by atoms with Gasteiger partial charge in [-0.3, -0.25) is 4.79 Å². The highest BCUT2D eigenvalue weighted by Crippen LogP contribution is 2.22. The van der Waals surface area contributed by atoms with Gasteiger partial charge in [-0.05, 0) is 6.92 Å². The van der Waals surface area contributed by atoms with Crippen LogP contribution >= 0.6 is 0 Å². The fraction of sp³-hybridized carbons (Fsp3) is 0.583. The molecule has 0 atom stereocenters. The molecule has 6 nitrogen and oxygen atoms in total. The summed E-state index contributed by atoms with van der Waals surface area (Å²) in [4.78, 5) is 19.6. The van der Waals surface area contributed by atoms with Gasteiger partial charge in [-0.1, -0.05) is 20.8 Å². The van der Waals surface area contributed by atoms with E-state index in [-0.39, 0.29) is 12.0 Å². The molecule has 0 fully saturated rings. The minimum atomic E-state index is -0.420. The molecule has 6 heteroatoms. The van der Waals surface area contributed by atoms with Crippen LogP contribution in [0.5, 0.6) is 0 Å². The van der Waals surface area contributed by atoms with Crippen LogP contribution in [0.15, 0.2) is 6.07 Å². The van der Waals surface area contributed by atoms with E-state index in [0.29, 0.717) is 11.6 Å². The van der Waals surface area contributed by atoms with Crippen molar-refractivity contribution in [1.82, 2.24) is 9.97 Å². The van der Waals surface area contributed by atoms with E-state index in [2.05, 4.69) is 20.6 Å². The van der Waals surface area contributed by atoms with E-state index in [1.165, 1.54) is 0 Å². The molecule has 1 amide bonds. The molecular formula is C12H21N5O. The molecule has 0 radical (unpaired) electrons. The van der Waals surface area contributed by atoms with Crippen molar-refractivity contribution in [3.05, 3.63) is 11.9 Å². The highest BCUT2D eigenvalue weighted by molar-refractivity contribution is 5.78. The standard InChI is InChI=1S/C12H21N5O/c1-5-14-9-6-10(15-7-8(13)18)17-11(16-9)12(2,3)4/h6H,5,7H2,1-4H3,(H2,13,18)(H2,14,15,16,17). The monoisotopic (exact) mass is 251 g/mol. The Bertz CT molecular complexity index is 425. The summed E-state index contributed by atoms with van der Waals surface area (Å²) in [6.45, 7) is 8.94. The second kappa shape index (κ2) is 5.66. The molecule has 0 aliphatic heterocycles. The number of rotatable bonds is 5. The van der Waals surface area contributed by atoms with Crippen molar-refractivity contribution in [1.29, 1.82) is 0 Å². The lowest BCUT2D eigenvalue weighted by molar-refractivity contribution is -0.116. The molecule has 0 saturated heterocycles. The number of anilines is 2. The number of carbonyl (C=O) groups excluding carboxylic acids is 1. The van der Waals surface area contributed by atoms with Crippen LogP contribution in [0.3, 0.4) is 0 Å². The minimum Gasteiger partial charge on any atom is -0.370 e. The number of aromatic nitrogens is 2. The van der Waals surface area contributed by atoms with Crippen molar-refractivity contribution in [2.75, 3.05) is 23.7 Å². The summed E-state index contributed by atoms with van der Waals surface area (Å²) in [5, 5.41) is 6.03. The number of hydrogen-bond donors (Lipinski definition) is 3. The molecular weight excluding hydrogens is 230 g/mol. The number of nitrogens with one attached hydrogen (secondary N) is 2. The molecule has 0 aliphatic carbocycles. The maximum Gasteiger partial charge on any atom is 0.236 e. The summed E-state index contributed by atoms with van der Waals surface area (Å²) in [7, 11) is 0. The lowest BCUT2D eigenvalue weighted by Crippen LogP contribution is -2.24. The number of amides is 1. The Morgan fingerprint density at radius 3 is 2.28 bits per heavy atom. The van der Waals surface area contributed by atoms with Crippen LogP contribution in [0.4, 0.5) is 11.6 Å². The first-order valence-corrected chi connectivity index (χ1v) is 5.98. The zero-order valence-electron chi connectivity index (χ0n) is 11.4. The zero-order valence-corrected chi connectivity index (χ0v) is 11.4. The second-order valence-electron chi connectivity index (χ2n) is 5.06. The van der Waals surface area contributed by atoms with Crippen LogP contribution in [0, 0.1) is 0 Å². The van der Waals surface area contributed by atoms with E-state index >= 15 is 0 Å². The molecule has 18 heavy (non-hydrogen) atoms. The normalized spacial score (nSPS) is 11.1. The predicted molar refractivity (Wildman–Crippen MR) is 72.6 cm³/mol. The third-order valence-electron chi connectivity index (χ3n) is 2.20. The Balaban J connectivity index is 3.02. The first-order valence-electron chi connectivity index (χ1n) is 5.98. The molecule has 1 aromatic heterocycles. The fourth-order valence-electron chi connectivity index (χ4n) is 1.32. The van der Waals surface area contributed by atoms with Crippen molar-refractivity contribution in [3.63, 3.8) is 0 Å². The average Bonchev–Trinajstić information content (AvgIpc) is 2.25. The van der Waals surface area contributed by atoms with Crippen LogP contribution in [0.25, 0.3) is 0 Å². The average molecular weight is 251 g/mol. The van der Waals surface area contributed by atoms with Crippen molar-refractivity contribution in [2.24, 2.45) is 5.73 Å². The van der Waals surface area contributed by atoms with Gasteiger partial charge in [0.15, 0.2) is 0 Å². The van der Waals surface area contributed by atoms with Gasteiger partial charge in [0.2, 0.25) is 5.91 Å². The molecule has 1 aromatic rings. The Morgan fingerprint density at radius 2 is 1.83 bits per heavy atom. The topological polar surface area (TPSA) is 92.9 Å². The minimum absolute atomic E-state index is 0.0617. The fourth-order valence-corrected chi connectivity index (χ4v) is 1.32. The Morgan fingerprint density at radius 1 is 1.28 bits per heavy atom. The predicted octanol–water partition coefficient (Wildman–Crippen LogP) is 1.10. The summed E-state index contributed by atoms with van der Waals surface area (Å²) in [6.07, 6.45) is 0. The number of nitrogens with zero attached hydrogens (tertiary/aromatic N) is 2. The number of carbonyl (C=O) groups is 1. The van der Waals surface area contributed by atoms with Crippen molar-refractivity contribution in [2.45, 2.75) is 33.1 Å². The quantitative estimate of drug-likeness (QED) is 0.728. The van der Waals surface area contributed by atoms with Crippen molar-refractivity contribution >= 4 is 17.5 Å². The summed E-state index contributed by atoms with van der Waals surface area (Å²) >= 11 is 0. The molecule has 0 saturated carbocycles. The lowest BCUT2D eigenvalue weighted by Gasteiger charge is -2.19. The van der Waals surface area contributed by atoms with Crippen molar-refractivity contribution < 1.29 is 4.79 Å². The van der Waals surface area contributed by atoms with Gasteiger partial charge in [-0.2, -0.15) is 0 Å². The molecule has 100 valence electrons. The molecule has 0 bridgehead atoms. The highest BCUT2D eigenvalue weighted by atomic mass is 16.1. The van der Waals surface area contributed by atoms with Crippen LogP contribution < -0.4 is 16.4 Å². The van der Waals surface area contributed by atoms with E-state index in [1.54, 1.807) is 6.07 Å². The zero-order chi connectivity index (χ0) is 13.8. The molecule has 0 spiro atoms. The summed E-state index contributed by atoms with van der Waals surface area (Å²) in [6, 6.07) is 1.77. The third kappa shape index (κ3) is 4.20. The largest absolute Gasteiger partial charge is 0.370 e. The van der Waals surface area contributed by atoms with Gasteiger partial charge in [-0.25, -0.2) is 9.97 Å². The smallest absolute Gasteiger partial charge is 0.236 e. The maximum atomic E-state index is 10.8. The first-order chi connectivity index (χ1) is 8.32. The Labute approximate surface area is 107 Å². The second-order valence-corrected chi connectivity index (χ2v) is 5.06. The Hall–Kier alpha value is -1.85. The molecule has 0 aliphatic rings. The maximum absolute atomic E-state index is 10.8. The number of primary amides is 1. The first kappa shape index (κ1) is 14.2. The molecule has 4 N–H and O–H groups in total. The number of nitrogens with two attached hydrogens (primary N) is 1. The van der Waals surface area contributed by atoms with E-state index in [0.717, 1.165) is 12.4 Å². The Kier molecular flexibility index (Phi) is 4.47. The van der Waals surface area contributed by atoms with Crippen LogP contribution in [-0.4, -0.2) is 29.0 Å². The molecule has 0 aromatic carbocycles. The molecule has 1 heterocycles. The van der Waals surface area contributed by atoms with Crippen molar-refractivity contribution in [3.8, 4) is 0 Å². The summed E-state index contributed by atoms with van der Waals surface area (Å²) in [5.41, 5.74) is 4.94. The van der Waals surface area contributed by atoms with Gasteiger partial charge in [0.1, 0.15) is 17.5 Å². The van der Waals surface area contributed by atoms with Crippen LogP contribution in [0.1, 0.15) is 33.5 Å². The summed E-state index contributed by atoms with van der Waals surface area (Å²) in [5.74, 6) is 1.64. The number of hydrogen-bond acceptors (Lipinski definition) is 5. The summed E-state index contributed by atoms with van der Waals surface area (Å²) < 4.78 is 0. The van der Waals surface area contributed by atoms with Gasteiger partial charge in [0.05, 0.1) is 6.54 Å². The third-order valence-corrected chi connectivity index (χ3v) is 2.20. The van der Waals surface area contributed by atoms with Gasteiger partial charge in [0, 0.05) is 18.0 Å². The molecule has 0 unspecified atom stereocenters. The van der Waals surface area contributed by atoms with Crippen LogP contribution in [0.2, 0.25) is 0 Å². The lowest BCUT2D eigenvalue weighted by atomic mass is 9.96. The van der Waals surface area contributed by atoms with Crippen LogP contribution in [-0.2, 0) is 10.2 Å². The van der Waals surface area contributed by atoms with Gasteiger partial charge >= 0.3 is 0 Å². The van der Waals surface area contributed by atoms with E-state index in [1.807, 2.05) is 27.7 Å². The van der Waals surface area contributed by atoms with E-state index < -0.39 is 5.91 Å². The van der Waals surface area contributed by atoms with E-state index in [4.69, 9.17) is 5.73 Å². The molecule has 1 rings (SSSR count). The van der Waals surface area contributed by atoms with Gasteiger partial charge < -0.3 is 16.4 Å². The van der Waals surface area contributed by atoms with Gasteiger partial charge in [-0.15, -0.1) is 0 Å². The highest BCUT2D eigenvalue weighted by Gasteiger charge is 2.19. The SMILES string of the molecule is CCNc1cc(NCC(N)=O)nc(C(C)(C)C)n1. The van der Waals surface area contributed by atoms with Gasteiger partial charge in [0.25, 0.3) is 0 Å².